The summed E-state index contributed by atoms with van der Waals surface area (Å²) in [6.45, 7) is 1.82. The summed E-state index contributed by atoms with van der Waals surface area (Å²) in [6.07, 6.45) is 1.48. The molecule has 0 saturated carbocycles. The Morgan fingerprint density at radius 1 is 1.03 bits per heavy atom. The Morgan fingerprint density at radius 3 is 2.50 bits per heavy atom. The highest BCUT2D eigenvalue weighted by atomic mass is 35.5. The summed E-state index contributed by atoms with van der Waals surface area (Å²) in [5.74, 6) is 0.473. The zero-order valence-corrected chi connectivity index (χ0v) is 17.7. The first-order chi connectivity index (χ1) is 14.3. The molecule has 30 heavy (non-hydrogen) atoms. The molecule has 0 fully saturated rings. The fraction of sp³-hybridized carbons (Fsp3) is 0.136. The first-order valence-electron chi connectivity index (χ1n) is 9.23. The molecular formula is C22H19ClN2O4S. The number of aryl methyl sites for hydroxylation is 1. The number of hydrogen-bond acceptors (Lipinski definition) is 4. The van der Waals surface area contributed by atoms with E-state index in [0.29, 0.717) is 21.9 Å². The SMILES string of the molecule is Cc1ccc2cc(CN(Cc3ccco3)S(=O)(=O)c3ccc(Cl)cc3)c(=O)[nH]c2c1. The molecule has 2 heterocycles. The van der Waals surface area contributed by atoms with E-state index in [-0.39, 0.29) is 23.5 Å². The second kappa shape index (κ2) is 8.10. The molecule has 154 valence electrons. The van der Waals surface area contributed by atoms with Crippen molar-refractivity contribution in [1.29, 1.82) is 0 Å². The zero-order valence-electron chi connectivity index (χ0n) is 16.1. The number of pyridine rings is 1. The summed E-state index contributed by atoms with van der Waals surface area (Å²) < 4.78 is 33.2. The molecule has 4 aromatic rings. The molecule has 0 unspecified atom stereocenters. The number of halogens is 1. The fourth-order valence-corrected chi connectivity index (χ4v) is 4.74. The fourth-order valence-electron chi connectivity index (χ4n) is 3.23. The number of benzene rings is 2. The number of nitrogens with zero attached hydrogens (tertiary/aromatic N) is 1. The Balaban J connectivity index is 1.76. The van der Waals surface area contributed by atoms with Gasteiger partial charge in [-0.25, -0.2) is 8.42 Å². The van der Waals surface area contributed by atoms with E-state index >= 15 is 0 Å². The second-order valence-corrected chi connectivity index (χ2v) is 9.40. The van der Waals surface area contributed by atoms with E-state index < -0.39 is 10.0 Å². The van der Waals surface area contributed by atoms with Crippen LogP contribution in [-0.2, 0) is 23.1 Å². The van der Waals surface area contributed by atoms with Crippen molar-refractivity contribution in [3.05, 3.63) is 99.2 Å². The van der Waals surface area contributed by atoms with Crippen LogP contribution >= 0.6 is 11.6 Å². The summed E-state index contributed by atoms with van der Waals surface area (Å²) in [5.41, 5.74) is 1.75. The number of aromatic amines is 1. The van der Waals surface area contributed by atoms with Crippen molar-refractivity contribution < 1.29 is 12.8 Å². The highest BCUT2D eigenvalue weighted by Crippen LogP contribution is 2.23. The van der Waals surface area contributed by atoms with Crippen LogP contribution in [0.1, 0.15) is 16.9 Å². The molecule has 0 aliphatic heterocycles. The van der Waals surface area contributed by atoms with Gasteiger partial charge in [0.25, 0.3) is 5.56 Å². The van der Waals surface area contributed by atoms with Crippen LogP contribution in [0.4, 0.5) is 0 Å². The van der Waals surface area contributed by atoms with Gasteiger partial charge in [0.2, 0.25) is 10.0 Å². The predicted octanol–water partition coefficient (Wildman–Crippen LogP) is 4.47. The van der Waals surface area contributed by atoms with Crippen molar-refractivity contribution in [2.24, 2.45) is 0 Å². The molecule has 0 radical (unpaired) electrons. The largest absolute Gasteiger partial charge is 0.468 e. The van der Waals surface area contributed by atoms with Gasteiger partial charge in [0.1, 0.15) is 5.76 Å². The number of sulfonamides is 1. The van der Waals surface area contributed by atoms with Crippen molar-refractivity contribution in [1.82, 2.24) is 9.29 Å². The van der Waals surface area contributed by atoms with E-state index in [2.05, 4.69) is 4.98 Å². The second-order valence-electron chi connectivity index (χ2n) is 7.02. The molecule has 0 aliphatic rings. The third-order valence-electron chi connectivity index (χ3n) is 4.79. The van der Waals surface area contributed by atoms with Crippen LogP contribution in [-0.4, -0.2) is 17.7 Å². The van der Waals surface area contributed by atoms with Crippen LogP contribution in [0.15, 0.2) is 81.0 Å². The van der Waals surface area contributed by atoms with E-state index in [1.807, 2.05) is 25.1 Å². The summed E-state index contributed by atoms with van der Waals surface area (Å²) >= 11 is 5.90. The van der Waals surface area contributed by atoms with Crippen molar-refractivity contribution in [2.75, 3.05) is 0 Å². The third-order valence-corrected chi connectivity index (χ3v) is 6.85. The molecule has 0 atom stereocenters. The lowest BCUT2D eigenvalue weighted by atomic mass is 10.1. The maximum absolute atomic E-state index is 13.3. The highest BCUT2D eigenvalue weighted by molar-refractivity contribution is 7.89. The van der Waals surface area contributed by atoms with Gasteiger partial charge in [-0.1, -0.05) is 23.7 Å². The maximum atomic E-state index is 13.3. The molecule has 2 aromatic carbocycles. The molecule has 6 nitrogen and oxygen atoms in total. The van der Waals surface area contributed by atoms with E-state index in [1.165, 1.54) is 34.8 Å². The molecule has 8 heteroatoms. The summed E-state index contributed by atoms with van der Waals surface area (Å²) in [7, 11) is -3.91. The average Bonchev–Trinajstić information content (AvgIpc) is 3.21. The lowest BCUT2D eigenvalue weighted by Gasteiger charge is -2.21. The Labute approximate surface area is 178 Å². The van der Waals surface area contributed by atoms with Gasteiger partial charge in [-0.2, -0.15) is 4.31 Å². The zero-order chi connectivity index (χ0) is 21.3. The Hall–Kier alpha value is -2.87. The molecule has 1 N–H and O–H groups in total. The van der Waals surface area contributed by atoms with E-state index in [1.54, 1.807) is 18.2 Å². The molecule has 0 aliphatic carbocycles. The standard InChI is InChI=1S/C22H19ClN2O4S/c1-15-4-5-16-12-17(22(26)24-21(16)11-15)13-25(14-19-3-2-10-29-19)30(27,28)20-8-6-18(23)7-9-20/h2-12H,13-14H2,1H3,(H,24,26). The van der Waals surface area contributed by atoms with Crippen molar-refractivity contribution in [2.45, 2.75) is 24.9 Å². The summed E-state index contributed by atoms with van der Waals surface area (Å²) in [5, 5.41) is 1.27. The van der Waals surface area contributed by atoms with Crippen LogP contribution < -0.4 is 5.56 Å². The third kappa shape index (κ3) is 4.18. The van der Waals surface area contributed by atoms with Crippen LogP contribution in [0, 0.1) is 6.92 Å². The highest BCUT2D eigenvalue weighted by Gasteiger charge is 2.27. The van der Waals surface area contributed by atoms with Crippen LogP contribution in [0.2, 0.25) is 5.02 Å². The van der Waals surface area contributed by atoms with Gasteiger partial charge in [-0.05, 0) is 66.4 Å². The topological polar surface area (TPSA) is 83.4 Å². The first kappa shape index (κ1) is 20.4. The Bertz CT molecular complexity index is 1340. The number of H-pyrrole nitrogens is 1. The van der Waals surface area contributed by atoms with Gasteiger partial charge in [0, 0.05) is 22.6 Å². The minimum atomic E-state index is -3.91. The normalized spacial score (nSPS) is 12.0. The van der Waals surface area contributed by atoms with Crippen molar-refractivity contribution in [3.8, 4) is 0 Å². The summed E-state index contributed by atoms with van der Waals surface area (Å²) in [4.78, 5) is 15.6. The van der Waals surface area contributed by atoms with Gasteiger partial charge < -0.3 is 9.40 Å². The van der Waals surface area contributed by atoms with E-state index in [0.717, 1.165) is 10.9 Å². The Morgan fingerprint density at radius 2 is 1.80 bits per heavy atom. The van der Waals surface area contributed by atoms with Crippen LogP contribution in [0.3, 0.4) is 0 Å². The maximum Gasteiger partial charge on any atom is 0.252 e. The summed E-state index contributed by atoms with van der Waals surface area (Å²) in [6, 6.07) is 16.7. The van der Waals surface area contributed by atoms with Crippen LogP contribution in [0.5, 0.6) is 0 Å². The lowest BCUT2D eigenvalue weighted by molar-refractivity contribution is 0.357. The number of aromatic nitrogens is 1. The molecular weight excluding hydrogens is 424 g/mol. The molecule has 4 rings (SSSR count). The Kier molecular flexibility index (Phi) is 5.51. The monoisotopic (exact) mass is 442 g/mol. The number of fused-ring (bicyclic) bond motifs is 1. The molecule has 0 amide bonds. The minimum absolute atomic E-state index is 0.0106. The smallest absolute Gasteiger partial charge is 0.252 e. The number of hydrogen-bond donors (Lipinski definition) is 1. The van der Waals surface area contributed by atoms with Gasteiger partial charge in [0.05, 0.1) is 17.7 Å². The minimum Gasteiger partial charge on any atom is -0.468 e. The molecule has 0 bridgehead atoms. The van der Waals surface area contributed by atoms with Crippen molar-refractivity contribution in [3.63, 3.8) is 0 Å². The van der Waals surface area contributed by atoms with Gasteiger partial charge in [-0.3, -0.25) is 4.79 Å². The molecule has 2 aromatic heterocycles. The van der Waals surface area contributed by atoms with E-state index in [9.17, 15) is 13.2 Å². The van der Waals surface area contributed by atoms with E-state index in [4.69, 9.17) is 16.0 Å². The number of furan rings is 1. The number of nitrogens with one attached hydrogen (secondary N) is 1. The van der Waals surface area contributed by atoms with Gasteiger partial charge in [-0.15, -0.1) is 0 Å². The van der Waals surface area contributed by atoms with Gasteiger partial charge >= 0.3 is 0 Å². The molecule has 0 saturated heterocycles. The van der Waals surface area contributed by atoms with Gasteiger partial charge in [0.15, 0.2) is 0 Å². The van der Waals surface area contributed by atoms with Crippen molar-refractivity contribution >= 4 is 32.5 Å². The lowest BCUT2D eigenvalue weighted by Crippen LogP contribution is -2.32. The predicted molar refractivity (Wildman–Crippen MR) is 116 cm³/mol. The first-order valence-corrected chi connectivity index (χ1v) is 11.1. The molecule has 0 spiro atoms. The quantitative estimate of drug-likeness (QED) is 0.477. The average molecular weight is 443 g/mol. The number of rotatable bonds is 6. The van der Waals surface area contributed by atoms with Crippen LogP contribution in [0.25, 0.3) is 10.9 Å².